The molecule has 27 heavy (non-hydrogen) atoms. The van der Waals surface area contributed by atoms with E-state index in [1.54, 1.807) is 30.3 Å². The monoisotopic (exact) mass is 552 g/mol. The lowest BCUT2D eigenvalue weighted by Crippen LogP contribution is -2.12. The van der Waals surface area contributed by atoms with Gasteiger partial charge in [-0.25, -0.2) is 4.98 Å². The van der Waals surface area contributed by atoms with Crippen LogP contribution in [0.3, 0.4) is 0 Å². The lowest BCUT2D eigenvalue weighted by atomic mass is 10.2. The van der Waals surface area contributed by atoms with Crippen molar-refractivity contribution < 1.29 is 9.21 Å². The van der Waals surface area contributed by atoms with Crippen LogP contribution in [0, 0.1) is 3.57 Å². The minimum atomic E-state index is -0.271. The molecule has 4 nitrogen and oxygen atoms in total. The van der Waals surface area contributed by atoms with Crippen LogP contribution >= 0.6 is 50.1 Å². The van der Waals surface area contributed by atoms with Gasteiger partial charge in [-0.3, -0.25) is 4.79 Å². The zero-order valence-electron chi connectivity index (χ0n) is 13.7. The molecule has 4 aromatic rings. The highest BCUT2D eigenvalue weighted by molar-refractivity contribution is 14.1. The molecule has 0 spiro atoms. The Labute approximate surface area is 182 Å². The summed E-state index contributed by atoms with van der Waals surface area (Å²) in [4.78, 5) is 17.1. The Morgan fingerprint density at radius 3 is 2.74 bits per heavy atom. The van der Waals surface area contributed by atoms with E-state index in [1.165, 1.54) is 0 Å². The zero-order valence-corrected chi connectivity index (χ0v) is 18.2. The van der Waals surface area contributed by atoms with Gasteiger partial charge in [-0.05, 0) is 87.1 Å². The first-order valence-corrected chi connectivity index (χ1v) is 10.2. The molecule has 0 aliphatic carbocycles. The lowest BCUT2D eigenvalue weighted by Gasteiger charge is -2.07. The van der Waals surface area contributed by atoms with Crippen LogP contribution in [0.25, 0.3) is 22.6 Å². The highest BCUT2D eigenvalue weighted by Crippen LogP contribution is 2.31. The minimum Gasteiger partial charge on any atom is -0.436 e. The maximum Gasteiger partial charge on any atom is 0.257 e. The smallest absolute Gasteiger partial charge is 0.257 e. The standard InChI is InChI=1S/C20H11BrClIN2O2/c21-15-4-2-1-3-13(15)20-25-17-10-12(6-8-18(17)27-20)24-19(26)14-9-11(23)5-7-16(14)22/h1-10H,(H,24,26). The Hall–Kier alpha value is -1.90. The molecular weight excluding hydrogens is 542 g/mol. The van der Waals surface area contributed by atoms with Crippen LogP contribution in [0.1, 0.15) is 10.4 Å². The van der Waals surface area contributed by atoms with E-state index >= 15 is 0 Å². The first-order chi connectivity index (χ1) is 13.0. The van der Waals surface area contributed by atoms with Crippen molar-refractivity contribution in [3.8, 4) is 11.5 Å². The molecule has 0 fully saturated rings. The highest BCUT2D eigenvalue weighted by Gasteiger charge is 2.14. The summed E-state index contributed by atoms with van der Waals surface area (Å²) in [5.74, 6) is 0.244. The summed E-state index contributed by atoms with van der Waals surface area (Å²) in [5, 5.41) is 3.27. The van der Waals surface area contributed by atoms with Crippen LogP contribution in [0.2, 0.25) is 5.02 Å². The predicted octanol–water partition coefficient (Wildman–Crippen LogP) is 6.77. The third-order valence-electron chi connectivity index (χ3n) is 3.92. The van der Waals surface area contributed by atoms with Gasteiger partial charge in [0.2, 0.25) is 5.89 Å². The predicted molar refractivity (Wildman–Crippen MR) is 119 cm³/mol. The quantitative estimate of drug-likeness (QED) is 0.285. The van der Waals surface area contributed by atoms with E-state index in [2.05, 4.69) is 48.8 Å². The number of hydrogen-bond acceptors (Lipinski definition) is 3. The van der Waals surface area contributed by atoms with Gasteiger partial charge in [0.1, 0.15) is 5.52 Å². The van der Waals surface area contributed by atoms with Crippen molar-refractivity contribution in [3.63, 3.8) is 0 Å². The van der Waals surface area contributed by atoms with Crippen molar-refractivity contribution in [2.24, 2.45) is 0 Å². The summed E-state index contributed by atoms with van der Waals surface area (Å²) in [6.45, 7) is 0. The number of halogens is 3. The van der Waals surface area contributed by atoms with Gasteiger partial charge in [-0.1, -0.05) is 23.7 Å². The Kier molecular flexibility index (Phi) is 5.21. The molecule has 0 radical (unpaired) electrons. The summed E-state index contributed by atoms with van der Waals surface area (Å²) >= 11 is 11.8. The number of benzene rings is 3. The molecule has 0 unspecified atom stereocenters. The van der Waals surface area contributed by atoms with Gasteiger partial charge < -0.3 is 9.73 Å². The summed E-state index contributed by atoms with van der Waals surface area (Å²) in [7, 11) is 0. The molecular formula is C20H11BrClIN2O2. The first-order valence-electron chi connectivity index (χ1n) is 7.93. The average molecular weight is 554 g/mol. The SMILES string of the molecule is O=C(Nc1ccc2oc(-c3ccccc3Br)nc2c1)c1cc(I)ccc1Cl. The fourth-order valence-corrected chi connectivity index (χ4v) is 3.77. The summed E-state index contributed by atoms with van der Waals surface area (Å²) < 4.78 is 7.68. The van der Waals surface area contributed by atoms with E-state index in [1.807, 2.05) is 30.3 Å². The molecule has 0 atom stereocenters. The Morgan fingerprint density at radius 2 is 1.93 bits per heavy atom. The second-order valence-corrected chi connectivity index (χ2v) is 8.27. The second kappa shape index (κ2) is 7.61. The van der Waals surface area contributed by atoms with Crippen molar-refractivity contribution >= 4 is 72.8 Å². The van der Waals surface area contributed by atoms with Gasteiger partial charge in [0.15, 0.2) is 5.58 Å². The third-order valence-corrected chi connectivity index (χ3v) is 5.61. The van der Waals surface area contributed by atoms with E-state index in [9.17, 15) is 4.79 Å². The van der Waals surface area contributed by atoms with E-state index in [-0.39, 0.29) is 5.91 Å². The number of carbonyl (C=O) groups is 1. The lowest BCUT2D eigenvalue weighted by molar-refractivity contribution is 0.102. The van der Waals surface area contributed by atoms with Gasteiger partial charge >= 0.3 is 0 Å². The normalized spacial score (nSPS) is 10.9. The van der Waals surface area contributed by atoms with Crippen molar-refractivity contribution in [1.29, 1.82) is 0 Å². The number of amides is 1. The van der Waals surface area contributed by atoms with E-state index < -0.39 is 0 Å². The fourth-order valence-electron chi connectivity index (χ4n) is 2.62. The number of rotatable bonds is 3. The van der Waals surface area contributed by atoms with Gasteiger partial charge in [0.05, 0.1) is 16.1 Å². The number of carbonyl (C=O) groups excluding carboxylic acids is 1. The van der Waals surface area contributed by atoms with Crippen molar-refractivity contribution in [2.45, 2.75) is 0 Å². The largest absolute Gasteiger partial charge is 0.436 e. The molecule has 3 aromatic carbocycles. The summed E-state index contributed by atoms with van der Waals surface area (Å²) in [6.07, 6.45) is 0. The Morgan fingerprint density at radius 1 is 1.11 bits per heavy atom. The molecule has 4 rings (SSSR count). The van der Waals surface area contributed by atoms with Crippen LogP contribution in [0.15, 0.2) is 69.6 Å². The van der Waals surface area contributed by atoms with Gasteiger partial charge in [-0.2, -0.15) is 0 Å². The number of fused-ring (bicyclic) bond motifs is 1. The number of nitrogens with one attached hydrogen (secondary N) is 1. The van der Waals surface area contributed by atoms with Crippen LogP contribution in [0.5, 0.6) is 0 Å². The highest BCUT2D eigenvalue weighted by atomic mass is 127. The van der Waals surface area contributed by atoms with E-state index in [0.29, 0.717) is 33.3 Å². The van der Waals surface area contributed by atoms with Crippen molar-refractivity contribution in [1.82, 2.24) is 4.98 Å². The first kappa shape index (κ1) is 18.5. The summed E-state index contributed by atoms with van der Waals surface area (Å²) in [5.41, 5.74) is 3.22. The molecule has 0 aliphatic heterocycles. The van der Waals surface area contributed by atoms with Crippen LogP contribution < -0.4 is 5.32 Å². The number of nitrogens with zero attached hydrogens (tertiary/aromatic N) is 1. The molecule has 134 valence electrons. The van der Waals surface area contributed by atoms with Gasteiger partial charge in [-0.15, -0.1) is 0 Å². The van der Waals surface area contributed by atoms with Crippen LogP contribution in [0.4, 0.5) is 5.69 Å². The molecule has 7 heteroatoms. The molecule has 1 amide bonds. The molecule has 0 saturated carbocycles. The van der Waals surface area contributed by atoms with E-state index in [4.69, 9.17) is 16.0 Å². The topological polar surface area (TPSA) is 55.1 Å². The van der Waals surface area contributed by atoms with Crippen molar-refractivity contribution in [2.75, 3.05) is 5.32 Å². The number of oxazole rings is 1. The number of hydrogen-bond donors (Lipinski definition) is 1. The fraction of sp³-hybridized carbons (Fsp3) is 0. The molecule has 0 aliphatic rings. The number of aromatic nitrogens is 1. The Bertz CT molecular complexity index is 1180. The third kappa shape index (κ3) is 3.88. The molecule has 1 aromatic heterocycles. The van der Waals surface area contributed by atoms with Crippen LogP contribution in [-0.4, -0.2) is 10.9 Å². The van der Waals surface area contributed by atoms with E-state index in [0.717, 1.165) is 13.6 Å². The second-order valence-electron chi connectivity index (χ2n) is 5.76. The van der Waals surface area contributed by atoms with Gasteiger partial charge in [0.25, 0.3) is 5.91 Å². The molecule has 1 N–H and O–H groups in total. The molecule has 1 heterocycles. The molecule has 0 saturated heterocycles. The maximum atomic E-state index is 12.5. The maximum absolute atomic E-state index is 12.5. The number of anilines is 1. The van der Waals surface area contributed by atoms with Crippen LogP contribution in [-0.2, 0) is 0 Å². The van der Waals surface area contributed by atoms with Gasteiger partial charge in [0, 0.05) is 13.7 Å². The minimum absolute atomic E-state index is 0.271. The zero-order chi connectivity index (χ0) is 19.0. The van der Waals surface area contributed by atoms with Crippen molar-refractivity contribution in [3.05, 3.63) is 79.3 Å². The Balaban J connectivity index is 1.65. The summed E-state index contributed by atoms with van der Waals surface area (Å²) in [6, 6.07) is 18.4. The molecule has 0 bridgehead atoms. The average Bonchev–Trinajstić information content (AvgIpc) is 3.07.